The van der Waals surface area contributed by atoms with Gasteiger partial charge in [-0.05, 0) is 12.8 Å². The molecule has 3 N–H and O–H groups in total. The SMILES string of the molecule is CCCn1c(N)c(NC2CCN(C)C2=O)c(=O)n(C)c1=O. The molecule has 1 atom stereocenters. The van der Waals surface area contributed by atoms with Crippen LogP contribution in [0.2, 0.25) is 0 Å². The Kier molecular flexibility index (Phi) is 4.06. The van der Waals surface area contributed by atoms with E-state index in [-0.39, 0.29) is 17.4 Å². The molecule has 8 nitrogen and oxygen atoms in total. The van der Waals surface area contributed by atoms with Gasteiger partial charge in [-0.15, -0.1) is 0 Å². The van der Waals surface area contributed by atoms with Crippen molar-refractivity contribution < 1.29 is 4.79 Å². The summed E-state index contributed by atoms with van der Waals surface area (Å²) < 4.78 is 2.37. The van der Waals surface area contributed by atoms with Gasteiger partial charge in [0.1, 0.15) is 17.5 Å². The zero-order valence-corrected chi connectivity index (χ0v) is 12.5. The van der Waals surface area contributed by atoms with Gasteiger partial charge in [0.2, 0.25) is 5.91 Å². The van der Waals surface area contributed by atoms with Crippen LogP contribution in [0, 0.1) is 0 Å². The number of nitrogens with two attached hydrogens (primary N) is 1. The summed E-state index contributed by atoms with van der Waals surface area (Å²) >= 11 is 0. The van der Waals surface area contributed by atoms with Gasteiger partial charge < -0.3 is 16.0 Å². The van der Waals surface area contributed by atoms with Crippen molar-refractivity contribution in [3.63, 3.8) is 0 Å². The second kappa shape index (κ2) is 5.63. The summed E-state index contributed by atoms with van der Waals surface area (Å²) in [7, 11) is 3.12. The Morgan fingerprint density at radius 1 is 1.29 bits per heavy atom. The summed E-state index contributed by atoms with van der Waals surface area (Å²) in [5.41, 5.74) is 5.13. The lowest BCUT2D eigenvalue weighted by Gasteiger charge is -2.18. The van der Waals surface area contributed by atoms with Crippen LogP contribution in [-0.4, -0.2) is 39.6 Å². The number of likely N-dealkylation sites (tertiary alicyclic amines) is 1. The number of nitrogens with zero attached hydrogens (tertiary/aromatic N) is 3. The Labute approximate surface area is 122 Å². The van der Waals surface area contributed by atoms with Crippen LogP contribution in [0.4, 0.5) is 11.5 Å². The molecule has 21 heavy (non-hydrogen) atoms. The van der Waals surface area contributed by atoms with Crippen LogP contribution in [0.3, 0.4) is 0 Å². The van der Waals surface area contributed by atoms with Crippen molar-refractivity contribution in [2.45, 2.75) is 32.4 Å². The summed E-state index contributed by atoms with van der Waals surface area (Å²) in [5.74, 6) is 0.0111. The number of hydrogen-bond donors (Lipinski definition) is 2. The quantitative estimate of drug-likeness (QED) is 0.755. The van der Waals surface area contributed by atoms with Gasteiger partial charge in [0.05, 0.1) is 0 Å². The fourth-order valence-electron chi connectivity index (χ4n) is 2.49. The number of hydrogen-bond acceptors (Lipinski definition) is 5. The first-order valence-electron chi connectivity index (χ1n) is 6.99. The topological polar surface area (TPSA) is 102 Å². The molecule has 0 aliphatic carbocycles. The summed E-state index contributed by atoms with van der Waals surface area (Å²) in [6.07, 6.45) is 1.32. The zero-order chi connectivity index (χ0) is 15.7. The average Bonchev–Trinajstić information content (AvgIpc) is 2.78. The molecule has 0 saturated carbocycles. The van der Waals surface area contributed by atoms with Crippen molar-refractivity contribution in [1.82, 2.24) is 14.0 Å². The van der Waals surface area contributed by atoms with Gasteiger partial charge in [-0.2, -0.15) is 0 Å². The lowest BCUT2D eigenvalue weighted by Crippen LogP contribution is -2.42. The van der Waals surface area contributed by atoms with Gasteiger partial charge in [-0.3, -0.25) is 18.7 Å². The second-order valence-corrected chi connectivity index (χ2v) is 5.30. The molecule has 0 aromatic carbocycles. The number of rotatable bonds is 4. The summed E-state index contributed by atoms with van der Waals surface area (Å²) in [6, 6.07) is -0.474. The highest BCUT2D eigenvalue weighted by Crippen LogP contribution is 2.17. The molecule has 8 heteroatoms. The fourth-order valence-corrected chi connectivity index (χ4v) is 2.49. The molecule has 0 spiro atoms. The summed E-state index contributed by atoms with van der Waals surface area (Å²) in [6.45, 7) is 2.97. The molecule has 1 aromatic rings. The van der Waals surface area contributed by atoms with Gasteiger partial charge in [-0.25, -0.2) is 4.79 Å². The molecule has 116 valence electrons. The van der Waals surface area contributed by atoms with Gasteiger partial charge in [0.15, 0.2) is 0 Å². The lowest BCUT2D eigenvalue weighted by molar-refractivity contribution is -0.127. The first-order valence-corrected chi connectivity index (χ1v) is 6.99. The Morgan fingerprint density at radius 2 is 1.95 bits per heavy atom. The van der Waals surface area contributed by atoms with Crippen molar-refractivity contribution in [3.05, 3.63) is 20.8 Å². The van der Waals surface area contributed by atoms with Crippen LogP contribution in [0.25, 0.3) is 0 Å². The predicted octanol–water partition coefficient (Wildman–Crippen LogP) is -0.818. The Bertz CT molecular complexity index is 676. The minimum Gasteiger partial charge on any atom is -0.383 e. The van der Waals surface area contributed by atoms with E-state index in [4.69, 9.17) is 5.73 Å². The Balaban J connectivity index is 2.46. The van der Waals surface area contributed by atoms with Crippen molar-refractivity contribution in [1.29, 1.82) is 0 Å². The minimum absolute atomic E-state index is 0.0790. The molecule has 1 saturated heterocycles. The van der Waals surface area contributed by atoms with Gasteiger partial charge >= 0.3 is 5.69 Å². The van der Waals surface area contributed by atoms with E-state index in [1.54, 1.807) is 11.9 Å². The molecule has 2 heterocycles. The van der Waals surface area contributed by atoms with E-state index in [0.717, 1.165) is 4.57 Å². The van der Waals surface area contributed by atoms with Crippen molar-refractivity contribution >= 4 is 17.4 Å². The van der Waals surface area contributed by atoms with Gasteiger partial charge in [0.25, 0.3) is 5.56 Å². The first kappa shape index (κ1) is 15.1. The third kappa shape index (κ3) is 2.53. The number of carbonyl (C=O) groups is 1. The Hall–Kier alpha value is -2.25. The second-order valence-electron chi connectivity index (χ2n) is 5.30. The number of carbonyl (C=O) groups excluding carboxylic acids is 1. The highest BCUT2D eigenvalue weighted by Gasteiger charge is 2.30. The smallest absolute Gasteiger partial charge is 0.332 e. The highest BCUT2D eigenvalue weighted by molar-refractivity contribution is 5.87. The molecule has 0 radical (unpaired) electrons. The number of nitrogens with one attached hydrogen (secondary N) is 1. The molecule has 1 unspecified atom stereocenters. The molecule has 2 rings (SSSR count). The number of likely N-dealkylation sites (N-methyl/N-ethyl adjacent to an activating group) is 1. The van der Waals surface area contributed by atoms with Crippen molar-refractivity contribution in [2.24, 2.45) is 7.05 Å². The van der Waals surface area contributed by atoms with Gasteiger partial charge in [-0.1, -0.05) is 6.92 Å². The van der Waals surface area contributed by atoms with E-state index in [1.165, 1.54) is 11.6 Å². The number of amides is 1. The third-order valence-electron chi connectivity index (χ3n) is 3.78. The van der Waals surface area contributed by atoms with E-state index in [1.807, 2.05) is 6.92 Å². The Morgan fingerprint density at radius 3 is 2.48 bits per heavy atom. The maximum Gasteiger partial charge on any atom is 0.332 e. The minimum atomic E-state index is -0.507. The summed E-state index contributed by atoms with van der Waals surface area (Å²) in [4.78, 5) is 37.8. The third-order valence-corrected chi connectivity index (χ3v) is 3.78. The van der Waals surface area contributed by atoms with Crippen LogP contribution < -0.4 is 22.3 Å². The molecule has 0 bridgehead atoms. The number of anilines is 2. The first-order chi connectivity index (χ1) is 9.88. The monoisotopic (exact) mass is 295 g/mol. The van der Waals surface area contributed by atoms with Crippen LogP contribution in [-0.2, 0) is 18.4 Å². The standard InChI is InChI=1S/C13H21N5O3/c1-4-6-18-10(14)9(12(20)17(3)13(18)21)15-8-5-7-16(2)11(8)19/h8,15H,4-7,14H2,1-3H3. The van der Waals surface area contributed by atoms with E-state index >= 15 is 0 Å². The lowest BCUT2D eigenvalue weighted by atomic mass is 10.2. The average molecular weight is 295 g/mol. The molecule has 1 aliphatic heterocycles. The molecule has 1 fully saturated rings. The fraction of sp³-hybridized carbons (Fsp3) is 0.615. The van der Waals surface area contributed by atoms with E-state index in [2.05, 4.69) is 5.32 Å². The molecular formula is C13H21N5O3. The largest absolute Gasteiger partial charge is 0.383 e. The van der Waals surface area contributed by atoms with E-state index in [9.17, 15) is 14.4 Å². The number of nitrogen functional groups attached to an aromatic ring is 1. The van der Waals surface area contributed by atoms with Crippen molar-refractivity contribution in [3.8, 4) is 0 Å². The van der Waals surface area contributed by atoms with E-state index in [0.29, 0.717) is 25.9 Å². The number of aromatic nitrogens is 2. The molecule has 1 amide bonds. The molecule has 1 aromatic heterocycles. The van der Waals surface area contributed by atoms with Crippen LogP contribution >= 0.6 is 0 Å². The molecule has 1 aliphatic rings. The van der Waals surface area contributed by atoms with Crippen LogP contribution in [0.5, 0.6) is 0 Å². The molecular weight excluding hydrogens is 274 g/mol. The predicted molar refractivity (Wildman–Crippen MR) is 80.3 cm³/mol. The maximum atomic E-state index is 12.2. The van der Waals surface area contributed by atoms with Crippen molar-refractivity contribution in [2.75, 3.05) is 24.6 Å². The zero-order valence-electron chi connectivity index (χ0n) is 12.5. The van der Waals surface area contributed by atoms with Crippen LogP contribution in [0.1, 0.15) is 19.8 Å². The van der Waals surface area contributed by atoms with E-state index < -0.39 is 17.3 Å². The summed E-state index contributed by atoms with van der Waals surface area (Å²) in [5, 5.41) is 2.92. The van der Waals surface area contributed by atoms with Gasteiger partial charge in [0, 0.05) is 27.2 Å². The maximum absolute atomic E-state index is 12.2. The normalized spacial score (nSPS) is 18.3. The highest BCUT2D eigenvalue weighted by atomic mass is 16.2. The van der Waals surface area contributed by atoms with Crippen LogP contribution in [0.15, 0.2) is 9.59 Å².